The molecule has 0 saturated carbocycles. The molecule has 1 amide bonds. The highest BCUT2D eigenvalue weighted by molar-refractivity contribution is 5.81. The number of amides is 1. The van der Waals surface area contributed by atoms with Gasteiger partial charge in [0.25, 0.3) is 0 Å². The highest BCUT2D eigenvalue weighted by atomic mass is 16.5. The first-order valence-electron chi connectivity index (χ1n) is 6.17. The zero-order chi connectivity index (χ0) is 14.0. The van der Waals surface area contributed by atoms with Crippen LogP contribution in [0.3, 0.4) is 0 Å². The second-order valence-electron chi connectivity index (χ2n) is 4.67. The number of likely N-dealkylation sites (tertiary alicyclic amines) is 1. The van der Waals surface area contributed by atoms with E-state index in [0.29, 0.717) is 12.2 Å². The molecule has 1 heterocycles. The number of aliphatic carboxylic acids is 1. The fourth-order valence-electron chi connectivity index (χ4n) is 2.63. The van der Waals surface area contributed by atoms with Crippen molar-refractivity contribution in [3.63, 3.8) is 0 Å². The van der Waals surface area contributed by atoms with Gasteiger partial charge < -0.3 is 14.7 Å². The molecule has 0 aromatic heterocycles. The van der Waals surface area contributed by atoms with E-state index >= 15 is 0 Å². The van der Waals surface area contributed by atoms with Gasteiger partial charge in [0.2, 0.25) is 5.91 Å². The molecule has 2 atom stereocenters. The zero-order valence-electron chi connectivity index (χ0n) is 11.0. The Labute approximate surface area is 111 Å². The van der Waals surface area contributed by atoms with Crippen molar-refractivity contribution in [2.45, 2.75) is 18.9 Å². The van der Waals surface area contributed by atoms with Gasteiger partial charge >= 0.3 is 5.97 Å². The van der Waals surface area contributed by atoms with Gasteiger partial charge in [-0.25, -0.2) is 0 Å². The molecule has 0 bridgehead atoms. The molecule has 2 rings (SSSR count). The molecule has 0 radical (unpaired) electrons. The molecule has 1 N–H and O–H groups in total. The van der Waals surface area contributed by atoms with Gasteiger partial charge in [0.1, 0.15) is 5.75 Å². The Bertz CT molecular complexity index is 500. The summed E-state index contributed by atoms with van der Waals surface area (Å²) >= 11 is 0. The number of rotatable bonds is 3. The van der Waals surface area contributed by atoms with Crippen molar-refractivity contribution in [3.8, 4) is 5.75 Å². The number of piperidine rings is 1. The second kappa shape index (κ2) is 5.30. The van der Waals surface area contributed by atoms with Crippen molar-refractivity contribution >= 4 is 11.9 Å². The quantitative estimate of drug-likeness (QED) is 0.901. The average Bonchev–Trinajstić information content (AvgIpc) is 2.41. The van der Waals surface area contributed by atoms with E-state index in [1.54, 1.807) is 20.2 Å². The molecule has 1 aromatic rings. The minimum atomic E-state index is -0.879. The van der Waals surface area contributed by atoms with Gasteiger partial charge in [-0.15, -0.1) is 0 Å². The SMILES string of the molecule is COc1ccccc1[C@@H]1[C@H](C(=O)O)CCC(=O)N1C. The van der Waals surface area contributed by atoms with Gasteiger partial charge in [-0.3, -0.25) is 9.59 Å². The third-order valence-corrected chi connectivity index (χ3v) is 3.64. The average molecular weight is 263 g/mol. The van der Waals surface area contributed by atoms with E-state index in [0.717, 1.165) is 5.56 Å². The number of carbonyl (C=O) groups is 2. The highest BCUT2D eigenvalue weighted by Crippen LogP contribution is 2.39. The van der Waals surface area contributed by atoms with E-state index in [-0.39, 0.29) is 12.3 Å². The standard InChI is InChI=1S/C14H17NO4/c1-15-12(16)8-7-10(14(17)18)13(15)9-5-3-4-6-11(9)19-2/h3-6,10,13H,7-8H2,1-2H3,(H,17,18)/t10-,13-/m1/s1. The predicted octanol–water partition coefficient (Wildman–Crippen LogP) is 1.69. The number of para-hydroxylation sites is 1. The summed E-state index contributed by atoms with van der Waals surface area (Å²) in [6.07, 6.45) is 0.639. The van der Waals surface area contributed by atoms with Crippen LogP contribution in [0.5, 0.6) is 5.75 Å². The summed E-state index contributed by atoms with van der Waals surface area (Å²) in [7, 11) is 3.19. The summed E-state index contributed by atoms with van der Waals surface area (Å²) in [5, 5.41) is 9.36. The maximum Gasteiger partial charge on any atom is 0.308 e. The molecule has 5 heteroatoms. The van der Waals surface area contributed by atoms with Crippen molar-refractivity contribution in [3.05, 3.63) is 29.8 Å². The maximum atomic E-state index is 11.8. The van der Waals surface area contributed by atoms with E-state index in [1.165, 1.54) is 4.90 Å². The van der Waals surface area contributed by atoms with Crippen LogP contribution in [0.15, 0.2) is 24.3 Å². The Morgan fingerprint density at radius 1 is 1.42 bits per heavy atom. The summed E-state index contributed by atoms with van der Waals surface area (Å²) < 4.78 is 5.28. The van der Waals surface area contributed by atoms with Gasteiger partial charge in [-0.1, -0.05) is 18.2 Å². The van der Waals surface area contributed by atoms with E-state index in [9.17, 15) is 14.7 Å². The third-order valence-electron chi connectivity index (χ3n) is 3.64. The zero-order valence-corrected chi connectivity index (χ0v) is 11.0. The van der Waals surface area contributed by atoms with E-state index in [2.05, 4.69) is 0 Å². The Hall–Kier alpha value is -2.04. The lowest BCUT2D eigenvalue weighted by Gasteiger charge is -2.37. The fourth-order valence-corrected chi connectivity index (χ4v) is 2.63. The number of carbonyl (C=O) groups excluding carboxylic acids is 1. The van der Waals surface area contributed by atoms with E-state index < -0.39 is 17.9 Å². The Kier molecular flexibility index (Phi) is 3.74. The summed E-state index contributed by atoms with van der Waals surface area (Å²) in [5.41, 5.74) is 0.743. The lowest BCUT2D eigenvalue weighted by Crippen LogP contribution is -2.43. The van der Waals surface area contributed by atoms with Crippen molar-refractivity contribution in [1.82, 2.24) is 4.90 Å². The lowest BCUT2D eigenvalue weighted by atomic mass is 9.84. The molecule has 1 saturated heterocycles. The van der Waals surface area contributed by atoms with Crippen LogP contribution in [0.25, 0.3) is 0 Å². The molecule has 0 unspecified atom stereocenters. The summed E-state index contributed by atoms with van der Waals surface area (Å²) in [4.78, 5) is 24.8. The number of benzene rings is 1. The van der Waals surface area contributed by atoms with Crippen LogP contribution in [0, 0.1) is 5.92 Å². The van der Waals surface area contributed by atoms with Crippen molar-refractivity contribution in [2.75, 3.05) is 14.2 Å². The minimum Gasteiger partial charge on any atom is -0.496 e. The second-order valence-corrected chi connectivity index (χ2v) is 4.67. The van der Waals surface area contributed by atoms with Gasteiger partial charge in [0.15, 0.2) is 0 Å². The number of nitrogens with zero attached hydrogens (tertiary/aromatic N) is 1. The van der Waals surface area contributed by atoms with Crippen molar-refractivity contribution < 1.29 is 19.4 Å². The first-order chi connectivity index (χ1) is 9.06. The Morgan fingerprint density at radius 2 is 2.11 bits per heavy atom. The first kappa shape index (κ1) is 13.4. The molecule has 1 aromatic carbocycles. The van der Waals surface area contributed by atoms with Crippen LogP contribution in [0.4, 0.5) is 0 Å². The van der Waals surface area contributed by atoms with Gasteiger partial charge in [-0.2, -0.15) is 0 Å². The Morgan fingerprint density at radius 3 is 2.74 bits per heavy atom. The molecule has 0 aliphatic carbocycles. The molecule has 1 aliphatic heterocycles. The van der Waals surface area contributed by atoms with Crippen LogP contribution >= 0.6 is 0 Å². The smallest absolute Gasteiger partial charge is 0.308 e. The normalized spacial score (nSPS) is 23.3. The number of carboxylic acids is 1. The molecule has 5 nitrogen and oxygen atoms in total. The van der Waals surface area contributed by atoms with Crippen LogP contribution in [0.1, 0.15) is 24.4 Å². The molecule has 102 valence electrons. The number of ether oxygens (including phenoxy) is 1. The largest absolute Gasteiger partial charge is 0.496 e. The summed E-state index contributed by atoms with van der Waals surface area (Å²) in [6, 6.07) is 6.76. The molecule has 1 fully saturated rings. The highest BCUT2D eigenvalue weighted by Gasteiger charge is 2.40. The molecule has 1 aliphatic rings. The molecule has 19 heavy (non-hydrogen) atoms. The van der Waals surface area contributed by atoms with Crippen LogP contribution in [-0.2, 0) is 9.59 Å². The van der Waals surface area contributed by atoms with E-state index in [4.69, 9.17) is 4.74 Å². The predicted molar refractivity (Wildman–Crippen MR) is 68.9 cm³/mol. The number of carboxylic acid groups (broad SMARTS) is 1. The van der Waals surface area contributed by atoms with Crippen molar-refractivity contribution in [2.24, 2.45) is 5.92 Å². The number of hydrogen-bond donors (Lipinski definition) is 1. The molecular formula is C14H17NO4. The van der Waals surface area contributed by atoms with Gasteiger partial charge in [0.05, 0.1) is 19.1 Å². The number of methoxy groups -OCH3 is 1. The summed E-state index contributed by atoms with van der Waals surface area (Å²) in [5.74, 6) is -0.900. The third kappa shape index (κ3) is 2.41. The van der Waals surface area contributed by atoms with Crippen molar-refractivity contribution in [1.29, 1.82) is 0 Å². The monoisotopic (exact) mass is 263 g/mol. The van der Waals surface area contributed by atoms with Crippen LogP contribution in [-0.4, -0.2) is 36.0 Å². The first-order valence-corrected chi connectivity index (χ1v) is 6.17. The molecule has 0 spiro atoms. The lowest BCUT2D eigenvalue weighted by molar-refractivity contribution is -0.150. The fraction of sp³-hybridized carbons (Fsp3) is 0.429. The Balaban J connectivity index is 2.46. The molecular weight excluding hydrogens is 246 g/mol. The maximum absolute atomic E-state index is 11.8. The number of hydrogen-bond acceptors (Lipinski definition) is 3. The van der Waals surface area contributed by atoms with Crippen LogP contribution < -0.4 is 4.74 Å². The topological polar surface area (TPSA) is 66.8 Å². The van der Waals surface area contributed by atoms with Crippen LogP contribution in [0.2, 0.25) is 0 Å². The van der Waals surface area contributed by atoms with Gasteiger partial charge in [-0.05, 0) is 12.5 Å². The van der Waals surface area contributed by atoms with Gasteiger partial charge in [0, 0.05) is 19.0 Å². The summed E-state index contributed by atoms with van der Waals surface area (Å²) in [6.45, 7) is 0. The minimum absolute atomic E-state index is 0.0339. The van der Waals surface area contributed by atoms with E-state index in [1.807, 2.05) is 18.2 Å².